The molecule has 1 aliphatic heterocycles. The van der Waals surface area contributed by atoms with Crippen LogP contribution in [0, 0.1) is 0 Å². The zero-order valence-electron chi connectivity index (χ0n) is 11.6. The van der Waals surface area contributed by atoms with E-state index >= 15 is 0 Å². The molecule has 22 heavy (non-hydrogen) atoms. The summed E-state index contributed by atoms with van der Waals surface area (Å²) in [4.78, 5) is 17.8. The van der Waals surface area contributed by atoms with Crippen LogP contribution < -0.4 is 5.32 Å². The Hall–Kier alpha value is -1.56. The molecule has 7 N–H and O–H groups in total. The van der Waals surface area contributed by atoms with E-state index in [2.05, 4.69) is 15.3 Å². The van der Waals surface area contributed by atoms with Crippen molar-refractivity contribution in [3.05, 3.63) is 18.2 Å². The topological polar surface area (TPSA) is 168 Å². The lowest BCUT2D eigenvalue weighted by Crippen LogP contribution is -2.65. The Morgan fingerprint density at radius 1 is 1.55 bits per heavy atom. The molecule has 2 heterocycles. The molecule has 0 radical (unpaired) electrons. The summed E-state index contributed by atoms with van der Waals surface area (Å²) >= 11 is 0. The third kappa shape index (κ3) is 3.61. The Morgan fingerprint density at radius 3 is 2.86 bits per heavy atom. The van der Waals surface area contributed by atoms with Crippen LogP contribution in [-0.2, 0) is 16.0 Å². The fraction of sp³-hybridized carbons (Fsp3) is 0.667. The van der Waals surface area contributed by atoms with E-state index in [-0.39, 0.29) is 13.0 Å². The molecule has 0 bridgehead atoms. The monoisotopic (exact) mass is 317 g/mol. The number of rotatable bonds is 6. The van der Waals surface area contributed by atoms with Crippen LogP contribution in [0.5, 0.6) is 0 Å². The van der Waals surface area contributed by atoms with Gasteiger partial charge in [0.15, 0.2) is 0 Å². The van der Waals surface area contributed by atoms with Gasteiger partial charge < -0.3 is 35.3 Å². The first-order valence-electron chi connectivity index (χ1n) is 6.67. The number of nitrogens with zero attached hydrogens (tertiary/aromatic N) is 1. The number of hydrogen-bond acceptors (Lipinski definition) is 8. The van der Waals surface area contributed by atoms with Crippen molar-refractivity contribution in [1.82, 2.24) is 15.3 Å². The van der Waals surface area contributed by atoms with Crippen molar-refractivity contribution in [3.8, 4) is 0 Å². The fourth-order valence-corrected chi connectivity index (χ4v) is 2.18. The molecule has 0 amide bonds. The van der Waals surface area contributed by atoms with Crippen molar-refractivity contribution < 1.29 is 35.1 Å². The third-order valence-electron chi connectivity index (χ3n) is 3.56. The number of carboxylic acids is 1. The van der Waals surface area contributed by atoms with Gasteiger partial charge in [0.1, 0.15) is 24.4 Å². The Labute approximate surface area is 125 Å². The van der Waals surface area contributed by atoms with Crippen LogP contribution in [0.15, 0.2) is 12.5 Å². The van der Waals surface area contributed by atoms with Crippen molar-refractivity contribution in [3.63, 3.8) is 0 Å². The number of aliphatic carboxylic acids is 1. The Balaban J connectivity index is 1.98. The smallest absolute Gasteiger partial charge is 0.321 e. The summed E-state index contributed by atoms with van der Waals surface area (Å²) in [6, 6.07) is -1.07. The van der Waals surface area contributed by atoms with Crippen LogP contribution in [0.4, 0.5) is 0 Å². The number of H-pyrrole nitrogens is 1. The number of aromatic nitrogens is 2. The second-order valence-corrected chi connectivity index (χ2v) is 5.21. The molecule has 10 nitrogen and oxygen atoms in total. The lowest BCUT2D eigenvalue weighted by molar-refractivity contribution is -0.318. The Morgan fingerprint density at radius 2 is 2.27 bits per heavy atom. The van der Waals surface area contributed by atoms with Gasteiger partial charge in [-0.1, -0.05) is 0 Å². The number of carboxylic acid groups (broad SMARTS) is 1. The van der Waals surface area contributed by atoms with E-state index in [4.69, 9.17) is 4.74 Å². The highest BCUT2D eigenvalue weighted by Gasteiger charge is 2.48. The number of aliphatic hydroxyl groups is 4. The van der Waals surface area contributed by atoms with Crippen LogP contribution in [0.3, 0.4) is 0 Å². The molecular weight excluding hydrogens is 298 g/mol. The van der Waals surface area contributed by atoms with Crippen LogP contribution in [0.25, 0.3) is 0 Å². The van der Waals surface area contributed by atoms with Gasteiger partial charge >= 0.3 is 5.97 Å². The average molecular weight is 317 g/mol. The summed E-state index contributed by atoms with van der Waals surface area (Å²) in [6.45, 7) is -0.822. The van der Waals surface area contributed by atoms with Crippen LogP contribution >= 0.6 is 0 Å². The molecule has 10 heteroatoms. The van der Waals surface area contributed by atoms with E-state index in [9.17, 15) is 30.3 Å². The molecule has 1 aromatic heterocycles. The molecule has 1 aliphatic rings. The molecule has 0 spiro atoms. The van der Waals surface area contributed by atoms with Crippen LogP contribution in [-0.4, -0.2) is 84.8 Å². The number of imidazole rings is 1. The van der Waals surface area contributed by atoms with Gasteiger partial charge in [-0.3, -0.25) is 10.1 Å². The van der Waals surface area contributed by atoms with Gasteiger partial charge in [0, 0.05) is 18.3 Å². The number of aliphatic hydroxyl groups excluding tert-OH is 3. The largest absolute Gasteiger partial charge is 0.480 e. The number of nitrogens with one attached hydrogen (secondary N) is 2. The number of hydrogen-bond donors (Lipinski definition) is 7. The molecule has 0 saturated carbocycles. The van der Waals surface area contributed by atoms with Crippen molar-refractivity contribution in [1.29, 1.82) is 0 Å². The minimum Gasteiger partial charge on any atom is -0.480 e. The molecule has 1 aromatic rings. The van der Waals surface area contributed by atoms with Crippen LogP contribution in [0.2, 0.25) is 0 Å². The standard InChI is InChI=1S/C12H19N3O7/c16-8-3-22-12(21,10(18)9(8)17)4-14-7(11(19)20)1-6-2-13-5-15-6/h2,5,7-10,14,16-18,21H,1,3-4H2,(H,13,15)(H,19,20)/t7-,8+,9+,10-,12+/m0/s1. The van der Waals surface area contributed by atoms with Gasteiger partial charge in [-0.15, -0.1) is 0 Å². The summed E-state index contributed by atoms with van der Waals surface area (Å²) in [7, 11) is 0. The first-order chi connectivity index (χ1) is 10.3. The highest BCUT2D eigenvalue weighted by atomic mass is 16.6. The zero-order valence-corrected chi connectivity index (χ0v) is 11.6. The third-order valence-corrected chi connectivity index (χ3v) is 3.56. The Bertz CT molecular complexity index is 497. The van der Waals surface area contributed by atoms with E-state index in [0.717, 1.165) is 0 Å². The van der Waals surface area contributed by atoms with E-state index in [1.54, 1.807) is 0 Å². The van der Waals surface area contributed by atoms with E-state index in [0.29, 0.717) is 5.69 Å². The highest BCUT2D eigenvalue weighted by molar-refractivity contribution is 5.73. The molecule has 124 valence electrons. The predicted molar refractivity (Wildman–Crippen MR) is 70.6 cm³/mol. The maximum atomic E-state index is 11.2. The molecule has 1 fully saturated rings. The van der Waals surface area contributed by atoms with Gasteiger partial charge in [0.25, 0.3) is 0 Å². The van der Waals surface area contributed by atoms with Gasteiger partial charge in [0.2, 0.25) is 5.79 Å². The minimum atomic E-state index is -2.19. The molecule has 5 atom stereocenters. The van der Waals surface area contributed by atoms with Crippen molar-refractivity contribution >= 4 is 5.97 Å². The highest BCUT2D eigenvalue weighted by Crippen LogP contribution is 2.23. The lowest BCUT2D eigenvalue weighted by atomic mass is 9.96. The first kappa shape index (κ1) is 16.8. The normalized spacial score (nSPS) is 33.5. The van der Waals surface area contributed by atoms with Gasteiger partial charge in [0.05, 0.1) is 19.5 Å². The molecule has 0 unspecified atom stereocenters. The maximum Gasteiger partial charge on any atom is 0.321 e. The summed E-state index contributed by atoms with van der Waals surface area (Å²) < 4.78 is 4.95. The molecular formula is C12H19N3O7. The van der Waals surface area contributed by atoms with Crippen LogP contribution in [0.1, 0.15) is 5.69 Å². The summed E-state index contributed by atoms with van der Waals surface area (Å²) in [5.41, 5.74) is 0.576. The van der Waals surface area contributed by atoms with E-state index in [1.165, 1.54) is 12.5 Å². The van der Waals surface area contributed by atoms with Gasteiger partial charge in [-0.2, -0.15) is 0 Å². The number of aromatic amines is 1. The lowest BCUT2D eigenvalue weighted by Gasteiger charge is -2.42. The summed E-state index contributed by atoms with van der Waals surface area (Å²) in [6.07, 6.45) is -1.73. The van der Waals surface area contributed by atoms with E-state index in [1.807, 2.05) is 0 Å². The predicted octanol–water partition coefficient (Wildman–Crippen LogP) is -3.20. The fourth-order valence-electron chi connectivity index (χ4n) is 2.18. The quantitative estimate of drug-likeness (QED) is 0.285. The second kappa shape index (κ2) is 6.69. The van der Waals surface area contributed by atoms with Crippen molar-refractivity contribution in [2.75, 3.05) is 13.2 Å². The van der Waals surface area contributed by atoms with Crippen molar-refractivity contribution in [2.45, 2.75) is 36.6 Å². The summed E-state index contributed by atoms with van der Waals surface area (Å²) in [5, 5.41) is 50.6. The van der Waals surface area contributed by atoms with E-state index < -0.39 is 42.7 Å². The first-order valence-corrected chi connectivity index (χ1v) is 6.67. The van der Waals surface area contributed by atoms with Gasteiger partial charge in [-0.25, -0.2) is 4.98 Å². The molecule has 2 rings (SSSR count). The number of ether oxygens (including phenoxy) is 1. The molecule has 0 aliphatic carbocycles. The average Bonchev–Trinajstić information content (AvgIpc) is 2.98. The van der Waals surface area contributed by atoms with Gasteiger partial charge in [-0.05, 0) is 0 Å². The zero-order chi connectivity index (χ0) is 16.3. The maximum absolute atomic E-state index is 11.2. The molecule has 0 aromatic carbocycles. The SMILES string of the molecule is O=C(O)[C@H](Cc1cnc[nH]1)NC[C@@]1(O)OC[C@@H](O)[C@@H](O)[C@@H]1O. The second-order valence-electron chi connectivity index (χ2n) is 5.21. The molecule has 1 saturated heterocycles. The Kier molecular flexibility index (Phi) is 5.11. The number of carbonyl (C=O) groups is 1. The summed E-state index contributed by atoms with van der Waals surface area (Å²) in [5.74, 6) is -3.36. The minimum absolute atomic E-state index is 0.0761. The van der Waals surface area contributed by atoms with Crippen molar-refractivity contribution in [2.24, 2.45) is 0 Å².